The van der Waals surface area contributed by atoms with Crippen molar-refractivity contribution in [1.29, 1.82) is 10.8 Å². The molecule has 7 N–H and O–H groups in total. The van der Waals surface area contributed by atoms with Gasteiger partial charge >= 0.3 is 0 Å². The number of anilines is 2. The quantitative estimate of drug-likeness (QED) is 0.320. The molecule has 23 heavy (non-hydrogen) atoms. The van der Waals surface area contributed by atoms with Crippen molar-refractivity contribution in [3.63, 3.8) is 0 Å². The van der Waals surface area contributed by atoms with Crippen LogP contribution in [-0.4, -0.2) is 41.6 Å². The summed E-state index contributed by atoms with van der Waals surface area (Å²) in [5.41, 5.74) is 9.37. The van der Waals surface area contributed by atoms with Gasteiger partial charge in [-0.15, -0.1) is 0 Å². The van der Waals surface area contributed by atoms with Gasteiger partial charge in [0, 0.05) is 35.9 Å². The second-order valence-corrected chi connectivity index (χ2v) is 5.41. The summed E-state index contributed by atoms with van der Waals surface area (Å²) < 4.78 is 0. The molecule has 8 nitrogen and oxygen atoms in total. The van der Waals surface area contributed by atoms with E-state index in [4.69, 9.17) is 22.4 Å². The van der Waals surface area contributed by atoms with Crippen molar-refractivity contribution in [3.05, 3.63) is 34.5 Å². The van der Waals surface area contributed by atoms with Gasteiger partial charge in [-0.05, 0) is 31.5 Å². The Morgan fingerprint density at radius 1 is 1.39 bits per heavy atom. The first-order valence-electron chi connectivity index (χ1n) is 7.03. The largest absolute Gasteiger partial charge is 0.398 e. The molecule has 2 rings (SSSR count). The van der Waals surface area contributed by atoms with Crippen LogP contribution in [0.1, 0.15) is 18.1 Å². The average molecular weight is 315 g/mol. The van der Waals surface area contributed by atoms with Gasteiger partial charge < -0.3 is 21.4 Å². The zero-order valence-corrected chi connectivity index (χ0v) is 13.4. The third kappa shape index (κ3) is 2.88. The van der Waals surface area contributed by atoms with Crippen molar-refractivity contribution >= 4 is 29.5 Å². The smallest absolute Gasteiger partial charge is 0.255 e. The molecule has 0 aliphatic carbocycles. The highest BCUT2D eigenvalue weighted by molar-refractivity contribution is 6.07. The van der Waals surface area contributed by atoms with Gasteiger partial charge in [0.1, 0.15) is 0 Å². The number of hydrazine groups is 1. The molecule has 1 heterocycles. The van der Waals surface area contributed by atoms with Crippen molar-refractivity contribution in [2.45, 2.75) is 13.8 Å². The van der Waals surface area contributed by atoms with Crippen molar-refractivity contribution in [3.8, 4) is 0 Å². The lowest BCUT2D eigenvalue weighted by molar-refractivity contribution is -0.113. The van der Waals surface area contributed by atoms with Crippen LogP contribution in [-0.2, 0) is 4.79 Å². The Kier molecular flexibility index (Phi) is 4.37. The van der Waals surface area contributed by atoms with Gasteiger partial charge in [0.2, 0.25) is 5.96 Å². The van der Waals surface area contributed by atoms with Gasteiger partial charge in [-0.1, -0.05) is 0 Å². The Labute approximate surface area is 134 Å². The van der Waals surface area contributed by atoms with E-state index in [1.54, 1.807) is 37.9 Å². The molecule has 0 aromatic heterocycles. The van der Waals surface area contributed by atoms with E-state index in [1.165, 1.54) is 11.2 Å². The van der Waals surface area contributed by atoms with E-state index in [1.807, 2.05) is 0 Å². The van der Waals surface area contributed by atoms with Crippen molar-refractivity contribution in [2.75, 3.05) is 24.6 Å². The van der Waals surface area contributed by atoms with Gasteiger partial charge in [0.05, 0.1) is 12.1 Å². The summed E-state index contributed by atoms with van der Waals surface area (Å²) in [7, 11) is 1.69. The third-order valence-electron chi connectivity index (χ3n) is 4.07. The molecule has 1 aliphatic rings. The molecule has 0 bridgehead atoms. The van der Waals surface area contributed by atoms with E-state index in [9.17, 15) is 4.79 Å². The number of allylic oxidation sites excluding steroid dienone is 1. The fourth-order valence-corrected chi connectivity index (χ4v) is 2.42. The summed E-state index contributed by atoms with van der Waals surface area (Å²) in [6.07, 6.45) is 1.17. The molecule has 122 valence electrons. The van der Waals surface area contributed by atoms with E-state index in [0.29, 0.717) is 28.2 Å². The van der Waals surface area contributed by atoms with Crippen LogP contribution >= 0.6 is 0 Å². The maximum atomic E-state index is 12.6. The summed E-state index contributed by atoms with van der Waals surface area (Å²) in [6.45, 7) is 3.73. The van der Waals surface area contributed by atoms with Crippen LogP contribution in [0, 0.1) is 17.7 Å². The SMILES string of the molecule is CC1=C(C(=O)Nc2ccc(N)c(C=N)c2C)CN(N)C(=N)N1C. The van der Waals surface area contributed by atoms with Gasteiger partial charge in [0.15, 0.2) is 0 Å². The number of nitrogens with two attached hydrogens (primary N) is 2. The van der Waals surface area contributed by atoms with Crippen molar-refractivity contribution in [2.24, 2.45) is 5.84 Å². The number of nitrogen functional groups attached to an aromatic ring is 1. The van der Waals surface area contributed by atoms with E-state index in [0.717, 1.165) is 5.56 Å². The first-order chi connectivity index (χ1) is 10.8. The lowest BCUT2D eigenvalue weighted by Crippen LogP contribution is -2.51. The lowest BCUT2D eigenvalue weighted by atomic mass is 10.0. The lowest BCUT2D eigenvalue weighted by Gasteiger charge is -2.34. The first-order valence-corrected chi connectivity index (χ1v) is 7.03. The predicted molar refractivity (Wildman–Crippen MR) is 91.2 cm³/mol. The second-order valence-electron chi connectivity index (χ2n) is 5.41. The van der Waals surface area contributed by atoms with Crippen LogP contribution in [0.2, 0.25) is 0 Å². The Bertz CT molecular complexity index is 723. The Morgan fingerprint density at radius 2 is 2.04 bits per heavy atom. The van der Waals surface area contributed by atoms with Gasteiger partial charge in [-0.3, -0.25) is 15.2 Å². The number of guanidine groups is 1. The highest BCUT2D eigenvalue weighted by Crippen LogP contribution is 2.24. The first kappa shape index (κ1) is 16.5. The molecule has 0 spiro atoms. The molecular formula is C15H21N7O. The van der Waals surface area contributed by atoms with Crippen LogP contribution in [0.15, 0.2) is 23.4 Å². The van der Waals surface area contributed by atoms with Crippen LogP contribution in [0.25, 0.3) is 0 Å². The fourth-order valence-electron chi connectivity index (χ4n) is 2.42. The number of carbonyl (C=O) groups is 1. The minimum atomic E-state index is -0.291. The number of carbonyl (C=O) groups excluding carboxylic acids is 1. The average Bonchev–Trinajstić information content (AvgIpc) is 2.52. The zero-order valence-electron chi connectivity index (χ0n) is 13.4. The number of nitrogens with zero attached hydrogens (tertiary/aromatic N) is 2. The zero-order chi connectivity index (χ0) is 17.3. The number of hydrogen-bond donors (Lipinski definition) is 5. The summed E-state index contributed by atoms with van der Waals surface area (Å²) in [4.78, 5) is 14.1. The summed E-state index contributed by atoms with van der Waals surface area (Å²) in [5.74, 6) is 5.60. The minimum absolute atomic E-state index is 0.133. The van der Waals surface area contributed by atoms with Crippen LogP contribution in [0.5, 0.6) is 0 Å². The molecule has 1 aromatic carbocycles. The molecule has 1 aliphatic heterocycles. The van der Waals surface area contributed by atoms with Gasteiger partial charge in [-0.2, -0.15) is 0 Å². The van der Waals surface area contributed by atoms with Gasteiger partial charge in [0.25, 0.3) is 5.91 Å². The Hall–Kier alpha value is -2.87. The van der Waals surface area contributed by atoms with E-state index < -0.39 is 0 Å². The molecule has 1 amide bonds. The molecule has 1 aromatic rings. The number of rotatable bonds is 3. The van der Waals surface area contributed by atoms with Gasteiger partial charge in [-0.25, -0.2) is 5.84 Å². The Morgan fingerprint density at radius 3 is 2.65 bits per heavy atom. The summed E-state index contributed by atoms with van der Waals surface area (Å²) in [6, 6.07) is 3.36. The predicted octanol–water partition coefficient (Wildman–Crippen LogP) is 0.843. The molecular weight excluding hydrogens is 294 g/mol. The molecule has 0 fully saturated rings. The third-order valence-corrected chi connectivity index (χ3v) is 4.07. The summed E-state index contributed by atoms with van der Waals surface area (Å²) in [5, 5.41) is 19.3. The summed E-state index contributed by atoms with van der Waals surface area (Å²) >= 11 is 0. The molecule has 8 heteroatoms. The maximum absolute atomic E-state index is 12.6. The topological polar surface area (TPSA) is 135 Å². The molecule has 0 saturated heterocycles. The highest BCUT2D eigenvalue weighted by atomic mass is 16.1. The minimum Gasteiger partial charge on any atom is -0.398 e. The van der Waals surface area contributed by atoms with E-state index in [2.05, 4.69) is 5.32 Å². The van der Waals surface area contributed by atoms with Crippen LogP contribution in [0.3, 0.4) is 0 Å². The normalized spacial score (nSPS) is 15.0. The van der Waals surface area contributed by atoms with E-state index >= 15 is 0 Å². The number of hydrogen-bond acceptors (Lipinski definition) is 5. The molecule has 0 atom stereocenters. The van der Waals surface area contributed by atoms with Crippen molar-refractivity contribution < 1.29 is 4.79 Å². The van der Waals surface area contributed by atoms with Crippen molar-refractivity contribution in [1.82, 2.24) is 9.91 Å². The molecule has 0 saturated carbocycles. The standard InChI is InChI=1S/C15H21N7O/c1-8-10(6-16)12(17)4-5-13(8)20-14(23)11-7-22(19)15(18)21(3)9(11)2/h4-6,16,18H,7,17,19H2,1-3H3,(H,20,23). The maximum Gasteiger partial charge on any atom is 0.255 e. The molecule has 0 unspecified atom stereocenters. The van der Waals surface area contributed by atoms with Crippen LogP contribution < -0.4 is 16.9 Å². The molecule has 0 radical (unpaired) electrons. The van der Waals surface area contributed by atoms with E-state index in [-0.39, 0.29) is 18.4 Å². The van der Waals surface area contributed by atoms with Crippen LogP contribution in [0.4, 0.5) is 11.4 Å². The number of nitrogens with one attached hydrogen (secondary N) is 3. The Balaban J connectivity index is 2.33. The monoisotopic (exact) mass is 315 g/mol. The fraction of sp³-hybridized carbons (Fsp3) is 0.267. The number of amides is 1. The number of benzene rings is 1. The highest BCUT2D eigenvalue weighted by Gasteiger charge is 2.27. The second kappa shape index (κ2) is 6.09.